The van der Waals surface area contributed by atoms with Crippen molar-refractivity contribution in [2.24, 2.45) is 0 Å². The molecule has 0 saturated carbocycles. The quantitative estimate of drug-likeness (QED) is 0.241. The van der Waals surface area contributed by atoms with Gasteiger partial charge in [0, 0.05) is 0 Å². The number of nitro groups is 1. The van der Waals surface area contributed by atoms with Crippen LogP contribution in [0.25, 0.3) is 0 Å². The number of rotatable bonds is 3. The highest BCUT2D eigenvalue weighted by Gasteiger charge is 2.13. The highest BCUT2D eigenvalue weighted by molar-refractivity contribution is 5.74. The van der Waals surface area contributed by atoms with Gasteiger partial charge in [-0.05, 0) is 12.1 Å². The SMILES string of the molecule is Nc1ccc(OC(=O)CO)cc1[N+](=O)[O-]. The molecule has 1 aromatic rings. The van der Waals surface area contributed by atoms with E-state index in [9.17, 15) is 14.9 Å². The van der Waals surface area contributed by atoms with Gasteiger partial charge in [0.05, 0.1) is 11.0 Å². The summed E-state index contributed by atoms with van der Waals surface area (Å²) in [6.45, 7) is -0.793. The van der Waals surface area contributed by atoms with Gasteiger partial charge in [0.25, 0.3) is 5.69 Å². The van der Waals surface area contributed by atoms with Crippen molar-refractivity contribution in [3.05, 3.63) is 28.3 Å². The van der Waals surface area contributed by atoms with Gasteiger partial charge in [-0.1, -0.05) is 0 Å². The average molecular weight is 212 g/mol. The summed E-state index contributed by atoms with van der Waals surface area (Å²) in [5, 5.41) is 18.9. The molecule has 0 amide bonds. The zero-order chi connectivity index (χ0) is 11.4. The number of nitrogens with two attached hydrogens (primary N) is 1. The van der Waals surface area contributed by atoms with Crippen molar-refractivity contribution < 1.29 is 19.6 Å². The fourth-order valence-corrected chi connectivity index (χ4v) is 0.909. The van der Waals surface area contributed by atoms with E-state index in [1.807, 2.05) is 0 Å². The molecule has 15 heavy (non-hydrogen) atoms. The molecule has 3 N–H and O–H groups in total. The van der Waals surface area contributed by atoms with Gasteiger partial charge in [-0.2, -0.15) is 0 Å². The molecule has 0 bridgehead atoms. The number of nitrogen functional groups attached to an aromatic ring is 1. The van der Waals surface area contributed by atoms with E-state index in [2.05, 4.69) is 4.74 Å². The molecule has 0 atom stereocenters. The number of aliphatic hydroxyl groups is 1. The van der Waals surface area contributed by atoms with Gasteiger partial charge in [-0.3, -0.25) is 10.1 Å². The summed E-state index contributed by atoms with van der Waals surface area (Å²) in [4.78, 5) is 20.5. The van der Waals surface area contributed by atoms with Crippen LogP contribution in [-0.2, 0) is 4.79 Å². The molecule has 1 rings (SSSR count). The van der Waals surface area contributed by atoms with Crippen molar-refractivity contribution in [1.82, 2.24) is 0 Å². The molecule has 0 saturated heterocycles. The minimum atomic E-state index is -0.894. The topological polar surface area (TPSA) is 116 Å². The van der Waals surface area contributed by atoms with Crippen LogP contribution in [0, 0.1) is 10.1 Å². The van der Waals surface area contributed by atoms with Crippen molar-refractivity contribution in [3.8, 4) is 5.75 Å². The fraction of sp³-hybridized carbons (Fsp3) is 0.125. The van der Waals surface area contributed by atoms with Crippen LogP contribution in [0.5, 0.6) is 5.75 Å². The third-order valence-corrected chi connectivity index (χ3v) is 1.56. The van der Waals surface area contributed by atoms with E-state index in [-0.39, 0.29) is 17.1 Å². The van der Waals surface area contributed by atoms with E-state index in [4.69, 9.17) is 10.8 Å². The number of ether oxygens (including phenoxy) is 1. The van der Waals surface area contributed by atoms with Gasteiger partial charge in [-0.15, -0.1) is 0 Å². The predicted octanol–water partition coefficient (Wildman–Crippen LogP) is 0.0747. The number of aliphatic hydroxyl groups excluding tert-OH is 1. The second-order valence-electron chi connectivity index (χ2n) is 2.61. The molecule has 1 aromatic carbocycles. The van der Waals surface area contributed by atoms with Crippen LogP contribution in [0.2, 0.25) is 0 Å². The van der Waals surface area contributed by atoms with E-state index in [1.54, 1.807) is 0 Å². The zero-order valence-corrected chi connectivity index (χ0v) is 7.54. The molecule has 0 fully saturated rings. The smallest absolute Gasteiger partial charge is 0.337 e. The summed E-state index contributed by atoms with van der Waals surface area (Å²) in [5.41, 5.74) is 4.95. The molecular formula is C8H8N2O5. The first-order valence-corrected chi connectivity index (χ1v) is 3.90. The first-order valence-electron chi connectivity index (χ1n) is 3.90. The number of carbonyl (C=O) groups excluding carboxylic acids is 1. The van der Waals surface area contributed by atoms with Crippen molar-refractivity contribution in [1.29, 1.82) is 0 Å². The van der Waals surface area contributed by atoms with Crippen LogP contribution < -0.4 is 10.5 Å². The van der Waals surface area contributed by atoms with Crippen molar-refractivity contribution in [2.45, 2.75) is 0 Å². The highest BCUT2D eigenvalue weighted by atomic mass is 16.6. The molecule has 7 heteroatoms. The summed E-state index contributed by atoms with van der Waals surface area (Å²) >= 11 is 0. The van der Waals surface area contributed by atoms with Crippen molar-refractivity contribution >= 4 is 17.3 Å². The van der Waals surface area contributed by atoms with Gasteiger partial charge < -0.3 is 15.6 Å². The third-order valence-electron chi connectivity index (χ3n) is 1.56. The number of esters is 1. The molecule has 0 aliphatic rings. The minimum absolute atomic E-state index is 0.0243. The lowest BCUT2D eigenvalue weighted by atomic mass is 10.2. The monoisotopic (exact) mass is 212 g/mol. The van der Waals surface area contributed by atoms with E-state index < -0.39 is 17.5 Å². The molecular weight excluding hydrogens is 204 g/mol. The van der Waals surface area contributed by atoms with Gasteiger partial charge >= 0.3 is 5.97 Å². The Bertz CT molecular complexity index is 404. The van der Waals surface area contributed by atoms with Crippen LogP contribution in [0.4, 0.5) is 11.4 Å². The normalized spacial score (nSPS) is 9.67. The Hall–Kier alpha value is -2.15. The number of hydrogen-bond donors (Lipinski definition) is 2. The van der Waals surface area contributed by atoms with E-state index in [1.165, 1.54) is 12.1 Å². The second kappa shape index (κ2) is 4.38. The Labute approximate surface area is 84.2 Å². The number of nitrogens with zero attached hydrogens (tertiary/aromatic N) is 1. The van der Waals surface area contributed by atoms with E-state index in [0.29, 0.717) is 0 Å². The number of benzene rings is 1. The molecule has 0 unspecified atom stereocenters. The lowest BCUT2D eigenvalue weighted by Crippen LogP contribution is -2.12. The Morgan fingerprint density at radius 3 is 2.80 bits per heavy atom. The van der Waals surface area contributed by atoms with Crippen LogP contribution in [0.1, 0.15) is 0 Å². The van der Waals surface area contributed by atoms with E-state index >= 15 is 0 Å². The van der Waals surface area contributed by atoms with Gasteiger partial charge in [0.15, 0.2) is 0 Å². The maximum absolute atomic E-state index is 10.7. The van der Waals surface area contributed by atoms with Crippen molar-refractivity contribution in [3.63, 3.8) is 0 Å². The van der Waals surface area contributed by atoms with Crippen LogP contribution in [0.15, 0.2) is 18.2 Å². The third kappa shape index (κ3) is 2.64. The lowest BCUT2D eigenvalue weighted by molar-refractivity contribution is -0.383. The zero-order valence-electron chi connectivity index (χ0n) is 7.54. The summed E-state index contributed by atoms with van der Waals surface area (Å²) in [7, 11) is 0. The molecule has 0 radical (unpaired) electrons. The number of nitro benzene ring substituents is 1. The molecule has 0 aliphatic carbocycles. The van der Waals surface area contributed by atoms with Crippen LogP contribution in [-0.4, -0.2) is 22.6 Å². The second-order valence-corrected chi connectivity index (χ2v) is 2.61. The Balaban J connectivity index is 2.97. The number of anilines is 1. The van der Waals surface area contributed by atoms with Gasteiger partial charge in [0.1, 0.15) is 18.0 Å². The molecule has 80 valence electrons. The van der Waals surface area contributed by atoms with Gasteiger partial charge in [0.2, 0.25) is 0 Å². The molecule has 0 spiro atoms. The maximum Gasteiger partial charge on any atom is 0.337 e. The molecule has 0 aromatic heterocycles. The van der Waals surface area contributed by atoms with E-state index in [0.717, 1.165) is 6.07 Å². The Kier molecular flexibility index (Phi) is 3.19. The summed E-state index contributed by atoms with van der Waals surface area (Å²) in [5.74, 6) is -0.927. The summed E-state index contributed by atoms with van der Waals surface area (Å²) < 4.78 is 4.56. The lowest BCUT2D eigenvalue weighted by Gasteiger charge is -2.02. The van der Waals surface area contributed by atoms with Gasteiger partial charge in [-0.25, -0.2) is 4.79 Å². The largest absolute Gasteiger partial charge is 0.425 e. The van der Waals surface area contributed by atoms with Crippen LogP contribution in [0.3, 0.4) is 0 Å². The Morgan fingerprint density at radius 1 is 1.60 bits per heavy atom. The number of hydrogen-bond acceptors (Lipinski definition) is 6. The molecule has 0 aliphatic heterocycles. The maximum atomic E-state index is 10.7. The first-order chi connectivity index (χ1) is 7.04. The standard InChI is InChI=1S/C8H8N2O5/c9-6-2-1-5(15-8(12)4-11)3-7(6)10(13)14/h1-3,11H,4,9H2. The highest BCUT2D eigenvalue weighted by Crippen LogP contribution is 2.26. The first kappa shape index (κ1) is 10.9. The van der Waals surface area contributed by atoms with Crippen LogP contribution >= 0.6 is 0 Å². The van der Waals surface area contributed by atoms with Crippen molar-refractivity contribution in [2.75, 3.05) is 12.3 Å². The average Bonchev–Trinajstić information content (AvgIpc) is 2.20. The summed E-state index contributed by atoms with van der Waals surface area (Å²) in [6, 6.07) is 3.57. The fourth-order valence-electron chi connectivity index (χ4n) is 0.909. The predicted molar refractivity (Wildman–Crippen MR) is 50.2 cm³/mol. The number of carbonyl (C=O) groups is 1. The minimum Gasteiger partial charge on any atom is -0.425 e. The summed E-state index contributed by atoms with van der Waals surface area (Å²) in [6.07, 6.45) is 0. The molecule has 7 nitrogen and oxygen atoms in total. The molecule has 0 heterocycles. The Morgan fingerprint density at radius 2 is 2.27 bits per heavy atom.